The molecule has 6 nitrogen and oxygen atoms in total. The predicted molar refractivity (Wildman–Crippen MR) is 104 cm³/mol. The van der Waals surface area contributed by atoms with Crippen molar-refractivity contribution in [3.8, 4) is 0 Å². The molecule has 0 spiro atoms. The van der Waals surface area contributed by atoms with Crippen molar-refractivity contribution in [3.63, 3.8) is 0 Å². The van der Waals surface area contributed by atoms with E-state index in [-0.39, 0.29) is 18.6 Å². The lowest BCUT2D eigenvalue weighted by atomic mass is 10.2. The summed E-state index contributed by atoms with van der Waals surface area (Å²) in [5.74, 6) is 0. The van der Waals surface area contributed by atoms with Crippen LogP contribution in [0.1, 0.15) is 11.1 Å². The first kappa shape index (κ1) is 17.2. The lowest BCUT2D eigenvalue weighted by Gasteiger charge is -2.14. The Morgan fingerprint density at radius 3 is 2.48 bits per heavy atom. The van der Waals surface area contributed by atoms with Crippen molar-refractivity contribution in [1.29, 1.82) is 0 Å². The Morgan fingerprint density at radius 2 is 1.70 bits per heavy atom. The van der Waals surface area contributed by atoms with Crippen molar-refractivity contribution < 1.29 is 0 Å². The summed E-state index contributed by atoms with van der Waals surface area (Å²) in [4.78, 5) is 34.3. The first-order valence-corrected chi connectivity index (χ1v) is 8.73. The van der Waals surface area contributed by atoms with Gasteiger partial charge in [-0.15, -0.1) is 0 Å². The second-order valence-electron chi connectivity index (χ2n) is 6.08. The van der Waals surface area contributed by atoms with Gasteiger partial charge in [0, 0.05) is 23.6 Å². The molecule has 4 rings (SSSR count). The number of fused-ring (bicyclic) bond motifs is 1. The second-order valence-corrected chi connectivity index (χ2v) is 6.49. The molecule has 4 aromatic rings. The van der Waals surface area contributed by atoms with Gasteiger partial charge in [-0.25, -0.2) is 9.78 Å². The van der Waals surface area contributed by atoms with E-state index in [1.165, 1.54) is 9.13 Å². The molecule has 0 aliphatic carbocycles. The molecule has 0 aliphatic rings. The molecule has 134 valence electrons. The van der Waals surface area contributed by atoms with Crippen LogP contribution in [0.25, 0.3) is 11.0 Å². The van der Waals surface area contributed by atoms with Crippen LogP contribution in [0.5, 0.6) is 0 Å². The van der Waals surface area contributed by atoms with Gasteiger partial charge in [-0.1, -0.05) is 35.9 Å². The maximum atomic E-state index is 13.2. The van der Waals surface area contributed by atoms with Crippen molar-refractivity contribution in [3.05, 3.63) is 104 Å². The summed E-state index contributed by atoms with van der Waals surface area (Å²) < 4.78 is 2.71. The van der Waals surface area contributed by atoms with E-state index >= 15 is 0 Å². The topological polar surface area (TPSA) is 69.8 Å². The highest BCUT2D eigenvalue weighted by Crippen LogP contribution is 2.17. The van der Waals surface area contributed by atoms with Crippen molar-refractivity contribution in [2.24, 2.45) is 0 Å². The predicted octanol–water partition coefficient (Wildman–Crippen LogP) is 2.70. The molecule has 0 atom stereocenters. The number of halogens is 1. The van der Waals surface area contributed by atoms with E-state index in [1.807, 2.05) is 24.3 Å². The largest absolute Gasteiger partial charge is 0.332 e. The van der Waals surface area contributed by atoms with Gasteiger partial charge in [-0.05, 0) is 35.4 Å². The smallest absolute Gasteiger partial charge is 0.287 e. The van der Waals surface area contributed by atoms with E-state index in [2.05, 4.69) is 9.97 Å². The van der Waals surface area contributed by atoms with Crippen molar-refractivity contribution in [2.75, 3.05) is 0 Å². The van der Waals surface area contributed by atoms with Crippen LogP contribution in [-0.4, -0.2) is 19.1 Å². The Morgan fingerprint density at radius 1 is 0.889 bits per heavy atom. The minimum Gasteiger partial charge on any atom is -0.287 e. The lowest BCUT2D eigenvalue weighted by Crippen LogP contribution is -2.40. The third-order valence-electron chi connectivity index (χ3n) is 4.34. The third kappa shape index (κ3) is 3.27. The van der Waals surface area contributed by atoms with Gasteiger partial charge in [0.2, 0.25) is 0 Å². The quantitative estimate of drug-likeness (QED) is 0.547. The fraction of sp³-hybridized carbons (Fsp3) is 0.100. The van der Waals surface area contributed by atoms with Crippen molar-refractivity contribution in [2.45, 2.75) is 13.1 Å². The van der Waals surface area contributed by atoms with E-state index in [4.69, 9.17) is 11.6 Å². The average Bonchev–Trinajstić information content (AvgIpc) is 2.70. The molecule has 27 heavy (non-hydrogen) atoms. The third-order valence-corrected chi connectivity index (χ3v) is 4.71. The number of aromatic nitrogens is 4. The zero-order valence-corrected chi connectivity index (χ0v) is 15.0. The first-order valence-electron chi connectivity index (χ1n) is 8.36. The zero-order valence-electron chi connectivity index (χ0n) is 14.2. The number of nitrogens with zero attached hydrogens (tertiary/aromatic N) is 4. The summed E-state index contributed by atoms with van der Waals surface area (Å²) >= 11 is 6.27. The van der Waals surface area contributed by atoms with E-state index in [0.717, 1.165) is 11.1 Å². The Labute approximate surface area is 159 Å². The van der Waals surface area contributed by atoms with Gasteiger partial charge >= 0.3 is 5.69 Å². The minimum atomic E-state index is -0.421. The van der Waals surface area contributed by atoms with Gasteiger partial charge in [-0.3, -0.25) is 18.9 Å². The van der Waals surface area contributed by atoms with Crippen LogP contribution in [0.3, 0.4) is 0 Å². The van der Waals surface area contributed by atoms with E-state index in [1.54, 1.807) is 42.9 Å². The molecule has 0 saturated carbocycles. The van der Waals surface area contributed by atoms with E-state index < -0.39 is 11.2 Å². The Hall–Kier alpha value is -3.25. The lowest BCUT2D eigenvalue weighted by molar-refractivity contribution is 0.632. The molecular weight excluding hydrogens is 364 g/mol. The van der Waals surface area contributed by atoms with E-state index in [9.17, 15) is 9.59 Å². The van der Waals surface area contributed by atoms with Gasteiger partial charge in [0.1, 0.15) is 0 Å². The van der Waals surface area contributed by atoms with Gasteiger partial charge in [0.05, 0.1) is 18.6 Å². The van der Waals surface area contributed by atoms with Crippen LogP contribution in [0.15, 0.2) is 76.7 Å². The van der Waals surface area contributed by atoms with Crippen LogP contribution in [0.2, 0.25) is 5.02 Å². The number of benzene rings is 1. The summed E-state index contributed by atoms with van der Waals surface area (Å²) in [6, 6.07) is 14.3. The zero-order chi connectivity index (χ0) is 18.8. The summed E-state index contributed by atoms with van der Waals surface area (Å²) in [6.45, 7) is 0.370. The molecule has 0 aliphatic heterocycles. The van der Waals surface area contributed by atoms with Crippen LogP contribution in [0, 0.1) is 0 Å². The standard InChI is InChI=1S/C20H15ClN4O2/c21-16-7-2-1-6-15(16)13-24-17-8-4-10-23-18(17)19(26)25(20(24)27)12-14-5-3-9-22-11-14/h1-11H,12-13H2. The summed E-state index contributed by atoms with van der Waals surface area (Å²) in [7, 11) is 0. The molecule has 7 heteroatoms. The molecule has 0 N–H and O–H groups in total. The normalized spacial score (nSPS) is 11.0. The highest BCUT2D eigenvalue weighted by Gasteiger charge is 2.15. The van der Waals surface area contributed by atoms with Crippen molar-refractivity contribution in [1.82, 2.24) is 19.1 Å². The fourth-order valence-electron chi connectivity index (χ4n) is 3.01. The number of hydrogen-bond donors (Lipinski definition) is 0. The molecule has 3 heterocycles. The summed E-state index contributed by atoms with van der Waals surface area (Å²) in [5.41, 5.74) is 1.44. The minimum absolute atomic E-state index is 0.126. The molecular formula is C20H15ClN4O2. The highest BCUT2D eigenvalue weighted by atomic mass is 35.5. The highest BCUT2D eigenvalue weighted by molar-refractivity contribution is 6.31. The van der Waals surface area contributed by atoms with E-state index in [0.29, 0.717) is 10.5 Å². The molecule has 3 aromatic heterocycles. The SMILES string of the molecule is O=c1c2ncccc2n(Cc2ccccc2Cl)c(=O)n1Cc1cccnc1. The van der Waals surface area contributed by atoms with Crippen molar-refractivity contribution >= 4 is 22.6 Å². The van der Waals surface area contributed by atoms with Crippen LogP contribution >= 0.6 is 11.6 Å². The molecule has 0 amide bonds. The molecule has 0 unspecified atom stereocenters. The number of hydrogen-bond acceptors (Lipinski definition) is 4. The second kappa shape index (κ2) is 7.17. The van der Waals surface area contributed by atoms with Gasteiger partial charge < -0.3 is 0 Å². The Balaban J connectivity index is 1.93. The summed E-state index contributed by atoms with van der Waals surface area (Å²) in [5, 5.41) is 0.562. The van der Waals surface area contributed by atoms with Gasteiger partial charge in [0.15, 0.2) is 5.52 Å². The monoisotopic (exact) mass is 378 g/mol. The molecule has 0 bridgehead atoms. The molecule has 0 fully saturated rings. The van der Waals surface area contributed by atoms with Gasteiger partial charge in [-0.2, -0.15) is 0 Å². The fourth-order valence-corrected chi connectivity index (χ4v) is 3.20. The van der Waals surface area contributed by atoms with Crippen LogP contribution in [0.4, 0.5) is 0 Å². The number of rotatable bonds is 4. The van der Waals surface area contributed by atoms with Crippen LogP contribution in [-0.2, 0) is 13.1 Å². The molecule has 0 radical (unpaired) electrons. The first-order chi connectivity index (χ1) is 13.1. The average molecular weight is 379 g/mol. The molecule has 1 aromatic carbocycles. The summed E-state index contributed by atoms with van der Waals surface area (Å²) in [6.07, 6.45) is 4.82. The molecule has 0 saturated heterocycles. The Bertz CT molecular complexity index is 1230. The maximum absolute atomic E-state index is 13.2. The van der Waals surface area contributed by atoms with Gasteiger partial charge in [0.25, 0.3) is 5.56 Å². The van der Waals surface area contributed by atoms with Crippen LogP contribution < -0.4 is 11.2 Å². The number of pyridine rings is 2. The Kier molecular flexibility index (Phi) is 4.56. The maximum Gasteiger partial charge on any atom is 0.332 e.